The van der Waals surface area contributed by atoms with Gasteiger partial charge in [0.1, 0.15) is 0 Å². The molecule has 0 amide bonds. The van der Waals surface area contributed by atoms with E-state index in [1.165, 1.54) is 11.3 Å². The Bertz CT molecular complexity index is 537. The van der Waals surface area contributed by atoms with E-state index in [0.717, 1.165) is 4.77 Å². The molecule has 3 heteroatoms. The van der Waals surface area contributed by atoms with Crippen LogP contribution < -0.4 is 0 Å². The molecule has 2 rings (SSSR count). The topological polar surface area (TPSA) is 20.7 Å². The first-order valence-electron chi connectivity index (χ1n) is 5.96. The molecule has 0 saturated heterocycles. The number of rotatable bonds is 3. The van der Waals surface area contributed by atoms with Gasteiger partial charge in [-0.2, -0.15) is 0 Å². The molecule has 1 aromatic heterocycles. The summed E-state index contributed by atoms with van der Waals surface area (Å²) in [6.07, 6.45) is 2.02. The van der Waals surface area contributed by atoms with Crippen molar-refractivity contribution in [2.75, 3.05) is 0 Å². The Morgan fingerprint density at radius 1 is 1.12 bits per heavy atom. The average molecular weight is 246 g/mol. The lowest BCUT2D eigenvalue weighted by molar-refractivity contribution is 0.582. The predicted octanol–water partition coefficient (Wildman–Crippen LogP) is 4.28. The largest absolute Gasteiger partial charge is 0.337 e. The van der Waals surface area contributed by atoms with E-state index < -0.39 is 0 Å². The summed E-state index contributed by atoms with van der Waals surface area (Å²) in [7, 11) is 0. The molecule has 0 spiro atoms. The van der Waals surface area contributed by atoms with Crippen LogP contribution in [-0.2, 0) is 0 Å². The predicted molar refractivity (Wildman–Crippen MR) is 74.0 cm³/mol. The third-order valence-electron chi connectivity index (χ3n) is 3.10. The molecule has 0 aliphatic carbocycles. The summed E-state index contributed by atoms with van der Waals surface area (Å²) in [6.45, 7) is 6.56. The molecule has 0 aliphatic rings. The molecule has 1 N–H and O–H groups in total. The highest BCUT2D eigenvalue weighted by molar-refractivity contribution is 7.71. The van der Waals surface area contributed by atoms with Crippen molar-refractivity contribution < 1.29 is 0 Å². The molecule has 17 heavy (non-hydrogen) atoms. The Balaban J connectivity index is 2.47. The van der Waals surface area contributed by atoms with Gasteiger partial charge in [0.05, 0.1) is 6.04 Å². The van der Waals surface area contributed by atoms with Gasteiger partial charge in [-0.25, -0.2) is 0 Å². The number of imidazole rings is 1. The summed E-state index contributed by atoms with van der Waals surface area (Å²) >= 11 is 5.38. The summed E-state index contributed by atoms with van der Waals surface area (Å²) in [5.41, 5.74) is 2.54. The number of hydrogen-bond acceptors (Lipinski definition) is 1. The van der Waals surface area contributed by atoms with Crippen LogP contribution in [0.3, 0.4) is 0 Å². The standard InChI is InChI=1S/C14H18N2S/c1-10(2)13-9-15-14(17)16(13)11(3)12-7-5-4-6-8-12/h4-11H,1-3H3,(H,15,17). The first-order valence-corrected chi connectivity index (χ1v) is 6.37. The van der Waals surface area contributed by atoms with Crippen LogP contribution in [0.4, 0.5) is 0 Å². The van der Waals surface area contributed by atoms with Crippen molar-refractivity contribution in [1.29, 1.82) is 0 Å². The Morgan fingerprint density at radius 3 is 2.35 bits per heavy atom. The van der Waals surface area contributed by atoms with E-state index in [1.54, 1.807) is 0 Å². The van der Waals surface area contributed by atoms with Crippen molar-refractivity contribution in [3.8, 4) is 0 Å². The lowest BCUT2D eigenvalue weighted by Gasteiger charge is -2.18. The maximum atomic E-state index is 5.38. The van der Waals surface area contributed by atoms with Gasteiger partial charge in [-0.15, -0.1) is 0 Å². The molecule has 1 atom stereocenters. The highest BCUT2D eigenvalue weighted by atomic mass is 32.1. The summed E-state index contributed by atoms with van der Waals surface area (Å²) in [4.78, 5) is 3.15. The Hall–Kier alpha value is -1.35. The van der Waals surface area contributed by atoms with E-state index in [-0.39, 0.29) is 6.04 Å². The third kappa shape index (κ3) is 2.34. The number of H-pyrrole nitrogens is 1. The van der Waals surface area contributed by atoms with Crippen molar-refractivity contribution in [2.45, 2.75) is 32.7 Å². The zero-order valence-corrected chi connectivity index (χ0v) is 11.3. The molecule has 0 bridgehead atoms. The molecule has 90 valence electrons. The summed E-state index contributed by atoms with van der Waals surface area (Å²) < 4.78 is 3.00. The fourth-order valence-corrected chi connectivity index (χ4v) is 2.44. The lowest BCUT2D eigenvalue weighted by Crippen LogP contribution is -2.11. The lowest BCUT2D eigenvalue weighted by atomic mass is 10.1. The minimum atomic E-state index is 0.271. The number of aromatic amines is 1. The van der Waals surface area contributed by atoms with Gasteiger partial charge in [0.15, 0.2) is 4.77 Å². The monoisotopic (exact) mass is 246 g/mol. The van der Waals surface area contributed by atoms with Gasteiger partial charge in [0, 0.05) is 11.9 Å². The van der Waals surface area contributed by atoms with Crippen LogP contribution in [0.2, 0.25) is 0 Å². The van der Waals surface area contributed by atoms with Crippen LogP contribution in [0.5, 0.6) is 0 Å². The molecule has 0 aliphatic heterocycles. The van der Waals surface area contributed by atoms with Gasteiger partial charge in [0.2, 0.25) is 0 Å². The zero-order chi connectivity index (χ0) is 12.4. The van der Waals surface area contributed by atoms with Crippen LogP contribution in [0, 0.1) is 4.77 Å². The van der Waals surface area contributed by atoms with Crippen LogP contribution in [0.1, 0.15) is 44.0 Å². The molecule has 0 radical (unpaired) electrons. The van der Waals surface area contributed by atoms with Crippen LogP contribution in [0.25, 0.3) is 0 Å². The van der Waals surface area contributed by atoms with E-state index in [2.05, 4.69) is 54.6 Å². The molecular weight excluding hydrogens is 228 g/mol. The van der Waals surface area contributed by atoms with Gasteiger partial charge in [0.25, 0.3) is 0 Å². The zero-order valence-electron chi connectivity index (χ0n) is 10.5. The fraction of sp³-hybridized carbons (Fsp3) is 0.357. The maximum absolute atomic E-state index is 5.38. The molecule has 2 nitrogen and oxygen atoms in total. The second kappa shape index (κ2) is 4.88. The number of benzene rings is 1. The van der Waals surface area contributed by atoms with E-state index in [9.17, 15) is 0 Å². The smallest absolute Gasteiger partial charge is 0.177 e. The highest BCUT2D eigenvalue weighted by Crippen LogP contribution is 2.24. The van der Waals surface area contributed by atoms with Crippen LogP contribution in [0.15, 0.2) is 36.5 Å². The first kappa shape index (κ1) is 12.1. The minimum Gasteiger partial charge on any atom is -0.337 e. The molecule has 2 aromatic rings. The Kier molecular flexibility index (Phi) is 3.48. The van der Waals surface area contributed by atoms with Crippen molar-refractivity contribution in [3.63, 3.8) is 0 Å². The maximum Gasteiger partial charge on any atom is 0.177 e. The molecular formula is C14H18N2S. The van der Waals surface area contributed by atoms with Crippen molar-refractivity contribution in [1.82, 2.24) is 9.55 Å². The molecule has 1 unspecified atom stereocenters. The van der Waals surface area contributed by atoms with Crippen LogP contribution in [-0.4, -0.2) is 9.55 Å². The summed E-state index contributed by atoms with van der Waals surface area (Å²) in [5, 5.41) is 0. The van der Waals surface area contributed by atoms with Gasteiger partial charge < -0.3 is 9.55 Å². The van der Waals surface area contributed by atoms with E-state index in [0.29, 0.717) is 5.92 Å². The van der Waals surface area contributed by atoms with Crippen molar-refractivity contribution in [2.24, 2.45) is 0 Å². The second-order valence-electron chi connectivity index (χ2n) is 4.63. The number of aromatic nitrogens is 2. The Labute approximate surface area is 107 Å². The number of hydrogen-bond donors (Lipinski definition) is 1. The van der Waals surface area contributed by atoms with Crippen molar-refractivity contribution >= 4 is 12.2 Å². The highest BCUT2D eigenvalue weighted by Gasteiger charge is 2.14. The minimum absolute atomic E-state index is 0.271. The molecule has 0 fully saturated rings. The molecule has 1 aromatic carbocycles. The number of nitrogens with zero attached hydrogens (tertiary/aromatic N) is 1. The van der Waals surface area contributed by atoms with Crippen molar-refractivity contribution in [3.05, 3.63) is 52.6 Å². The van der Waals surface area contributed by atoms with Gasteiger partial charge >= 0.3 is 0 Å². The normalized spacial score (nSPS) is 12.9. The SMILES string of the molecule is CC(C)c1c[nH]c(=S)n1C(C)c1ccccc1. The summed E-state index contributed by atoms with van der Waals surface area (Å²) in [6, 6.07) is 10.7. The van der Waals surface area contributed by atoms with Gasteiger partial charge in [-0.05, 0) is 30.6 Å². The van der Waals surface area contributed by atoms with E-state index >= 15 is 0 Å². The van der Waals surface area contributed by atoms with Gasteiger partial charge in [-0.1, -0.05) is 44.2 Å². The third-order valence-corrected chi connectivity index (χ3v) is 3.42. The van der Waals surface area contributed by atoms with E-state index in [4.69, 9.17) is 12.2 Å². The van der Waals surface area contributed by atoms with E-state index in [1.807, 2.05) is 12.3 Å². The fourth-order valence-electron chi connectivity index (χ4n) is 2.12. The Morgan fingerprint density at radius 2 is 1.76 bits per heavy atom. The molecule has 1 heterocycles. The quantitative estimate of drug-likeness (QED) is 0.802. The van der Waals surface area contributed by atoms with Crippen LogP contribution >= 0.6 is 12.2 Å². The number of nitrogens with one attached hydrogen (secondary N) is 1. The summed E-state index contributed by atoms with van der Waals surface area (Å²) in [5.74, 6) is 0.467. The second-order valence-corrected chi connectivity index (χ2v) is 5.02. The first-order chi connectivity index (χ1) is 8.11. The molecule has 0 saturated carbocycles. The van der Waals surface area contributed by atoms with Gasteiger partial charge in [-0.3, -0.25) is 0 Å². The average Bonchev–Trinajstić information content (AvgIpc) is 2.71.